The maximum absolute atomic E-state index is 10.2. The fourth-order valence-electron chi connectivity index (χ4n) is 0.873. The van der Waals surface area contributed by atoms with E-state index in [1.54, 1.807) is 0 Å². The standard InChI is InChI=1S/C5H9ClN2O2S/c6-5(8(9)10)11-4-2-1-3-7-11/h7H,1-4H2. The molecule has 1 atom stereocenters. The lowest BCUT2D eigenvalue weighted by Crippen LogP contribution is -2.21. The van der Waals surface area contributed by atoms with E-state index in [0.717, 1.165) is 25.1 Å². The highest BCUT2D eigenvalue weighted by Gasteiger charge is 2.15. The Hall–Kier alpha value is -0.130. The molecule has 0 radical (unpaired) electrons. The third kappa shape index (κ3) is 2.43. The normalized spacial score (nSPS) is 26.3. The topological polar surface area (TPSA) is 55.2 Å². The molecule has 1 rings (SSSR count). The molecule has 0 aromatic carbocycles. The number of hydrogen-bond donors (Lipinski definition) is 1. The molecule has 4 nitrogen and oxygen atoms in total. The van der Waals surface area contributed by atoms with E-state index in [2.05, 4.69) is 4.72 Å². The van der Waals surface area contributed by atoms with Gasteiger partial charge in [0.05, 0.1) is 4.92 Å². The van der Waals surface area contributed by atoms with Crippen LogP contribution in [0.2, 0.25) is 0 Å². The lowest BCUT2D eigenvalue weighted by atomic mass is 10.3. The van der Waals surface area contributed by atoms with E-state index in [4.69, 9.17) is 11.6 Å². The Labute approximate surface area is 72.1 Å². The van der Waals surface area contributed by atoms with Crippen LogP contribution in [0.25, 0.3) is 0 Å². The van der Waals surface area contributed by atoms with Gasteiger partial charge in [-0.2, -0.15) is 0 Å². The number of nitrogens with one attached hydrogen (secondary N) is 1. The number of nitro groups is 1. The molecule has 0 aromatic rings. The van der Waals surface area contributed by atoms with Gasteiger partial charge in [-0.1, -0.05) is 0 Å². The first-order valence-corrected chi connectivity index (χ1v) is 5.10. The first-order valence-electron chi connectivity index (χ1n) is 3.33. The van der Waals surface area contributed by atoms with E-state index in [1.165, 1.54) is 0 Å². The molecule has 0 saturated carbocycles. The van der Waals surface area contributed by atoms with Crippen molar-refractivity contribution < 1.29 is 4.92 Å². The van der Waals surface area contributed by atoms with Crippen molar-refractivity contribution >= 4 is 26.7 Å². The first-order chi connectivity index (χ1) is 5.22. The van der Waals surface area contributed by atoms with Gasteiger partial charge in [0.25, 0.3) is 0 Å². The highest BCUT2D eigenvalue weighted by molar-refractivity contribution is 8.15. The van der Waals surface area contributed by atoms with Crippen LogP contribution >= 0.6 is 22.3 Å². The van der Waals surface area contributed by atoms with Gasteiger partial charge in [-0.3, -0.25) is 14.8 Å². The zero-order chi connectivity index (χ0) is 8.27. The number of hydrogen-bond acceptors (Lipinski definition) is 3. The molecule has 0 aromatic heterocycles. The van der Waals surface area contributed by atoms with Crippen molar-refractivity contribution in [3.8, 4) is 0 Å². The van der Waals surface area contributed by atoms with Crippen molar-refractivity contribution in [1.29, 1.82) is 0 Å². The maximum atomic E-state index is 10.2. The molecular weight excluding hydrogens is 188 g/mol. The minimum atomic E-state index is -0.511. The fraction of sp³-hybridized carbons (Fsp3) is 0.800. The van der Waals surface area contributed by atoms with E-state index in [-0.39, 0.29) is 4.45 Å². The van der Waals surface area contributed by atoms with Gasteiger partial charge < -0.3 is 0 Å². The fourth-order valence-corrected chi connectivity index (χ4v) is 2.76. The Morgan fingerprint density at radius 3 is 2.82 bits per heavy atom. The zero-order valence-electron chi connectivity index (χ0n) is 5.88. The molecule has 1 saturated heterocycles. The quantitative estimate of drug-likeness (QED) is 0.208. The van der Waals surface area contributed by atoms with Crippen molar-refractivity contribution in [3.63, 3.8) is 0 Å². The van der Waals surface area contributed by atoms with Gasteiger partial charge in [-0.25, -0.2) is 0 Å². The third-order valence-electron chi connectivity index (χ3n) is 1.40. The average molecular weight is 197 g/mol. The predicted octanol–water partition coefficient (Wildman–Crippen LogP) is 1.16. The number of halogens is 1. The largest absolute Gasteiger partial charge is 0.375 e. The van der Waals surface area contributed by atoms with Crippen LogP contribution in [-0.2, 0) is 0 Å². The van der Waals surface area contributed by atoms with Gasteiger partial charge >= 0.3 is 4.45 Å². The predicted molar refractivity (Wildman–Crippen MR) is 47.5 cm³/mol. The van der Waals surface area contributed by atoms with Gasteiger partial charge in [0.1, 0.15) is 0 Å². The van der Waals surface area contributed by atoms with Crippen molar-refractivity contribution in [2.45, 2.75) is 12.8 Å². The molecule has 1 aliphatic rings. The lowest BCUT2D eigenvalue weighted by molar-refractivity contribution is -0.339. The van der Waals surface area contributed by atoms with Crippen LogP contribution in [-0.4, -0.2) is 21.7 Å². The van der Waals surface area contributed by atoms with E-state index < -0.39 is 15.6 Å². The third-order valence-corrected chi connectivity index (χ3v) is 3.90. The van der Waals surface area contributed by atoms with E-state index in [1.807, 2.05) is 0 Å². The highest BCUT2D eigenvalue weighted by atomic mass is 35.5. The summed E-state index contributed by atoms with van der Waals surface area (Å²) in [5, 5.41) is 10.2. The SMILES string of the molecule is O=[N+]([O-])C(Cl)=S1CCCCN1. The molecule has 1 unspecified atom stereocenters. The average Bonchev–Trinajstić information content (AvgIpc) is 2.05. The second-order valence-electron chi connectivity index (χ2n) is 2.21. The summed E-state index contributed by atoms with van der Waals surface area (Å²) in [7, 11) is -0.486. The molecular formula is C5H9ClN2O2S. The van der Waals surface area contributed by atoms with E-state index in [0.29, 0.717) is 0 Å². The van der Waals surface area contributed by atoms with Crippen molar-refractivity contribution in [2.75, 3.05) is 12.3 Å². The minimum absolute atomic E-state index is 0.148. The Bertz CT molecular complexity index is 199. The van der Waals surface area contributed by atoms with Crippen molar-refractivity contribution in [1.82, 2.24) is 4.72 Å². The first kappa shape index (κ1) is 8.96. The lowest BCUT2D eigenvalue weighted by Gasteiger charge is -2.14. The molecule has 1 aliphatic heterocycles. The van der Waals surface area contributed by atoms with Crippen LogP contribution in [0.5, 0.6) is 0 Å². The summed E-state index contributed by atoms with van der Waals surface area (Å²) in [6, 6.07) is 0. The Morgan fingerprint density at radius 2 is 2.36 bits per heavy atom. The number of nitrogens with zero attached hydrogens (tertiary/aromatic N) is 1. The molecule has 64 valence electrons. The monoisotopic (exact) mass is 196 g/mol. The van der Waals surface area contributed by atoms with Gasteiger partial charge in [0.15, 0.2) is 0 Å². The molecule has 0 amide bonds. The van der Waals surface area contributed by atoms with E-state index in [9.17, 15) is 10.1 Å². The second kappa shape index (κ2) is 4.04. The van der Waals surface area contributed by atoms with Crippen LogP contribution in [0.4, 0.5) is 0 Å². The smallest absolute Gasteiger partial charge is 0.263 e. The Balaban J connectivity index is 2.68. The molecule has 0 spiro atoms. The summed E-state index contributed by atoms with van der Waals surface area (Å²) in [6.45, 7) is 0.840. The Kier molecular flexibility index (Phi) is 3.29. The highest BCUT2D eigenvalue weighted by Crippen LogP contribution is 2.19. The summed E-state index contributed by atoms with van der Waals surface area (Å²) in [5.41, 5.74) is 0. The van der Waals surface area contributed by atoms with Gasteiger partial charge in [0.2, 0.25) is 0 Å². The van der Waals surface area contributed by atoms with Crippen molar-refractivity contribution in [3.05, 3.63) is 10.1 Å². The van der Waals surface area contributed by atoms with Gasteiger partial charge in [-0.05, 0) is 23.5 Å². The molecule has 0 aliphatic carbocycles. The molecule has 0 bridgehead atoms. The van der Waals surface area contributed by atoms with Crippen LogP contribution in [0.15, 0.2) is 0 Å². The molecule has 1 heterocycles. The number of rotatable bonds is 0. The summed E-state index contributed by atoms with van der Waals surface area (Å²) in [4.78, 5) is 9.69. The molecule has 1 fully saturated rings. The van der Waals surface area contributed by atoms with Crippen LogP contribution in [0.3, 0.4) is 0 Å². The van der Waals surface area contributed by atoms with Crippen LogP contribution in [0.1, 0.15) is 12.8 Å². The van der Waals surface area contributed by atoms with Gasteiger partial charge in [0, 0.05) is 23.9 Å². The Morgan fingerprint density at radius 1 is 1.64 bits per heavy atom. The zero-order valence-corrected chi connectivity index (χ0v) is 7.45. The van der Waals surface area contributed by atoms with Gasteiger partial charge in [-0.15, -0.1) is 0 Å². The molecule has 1 N–H and O–H groups in total. The summed E-state index contributed by atoms with van der Waals surface area (Å²) >= 11 is 5.46. The maximum Gasteiger partial charge on any atom is 0.375 e. The summed E-state index contributed by atoms with van der Waals surface area (Å²) in [5.74, 6) is 0.805. The summed E-state index contributed by atoms with van der Waals surface area (Å²) in [6.07, 6.45) is 2.12. The molecule has 11 heavy (non-hydrogen) atoms. The van der Waals surface area contributed by atoms with Crippen LogP contribution in [0, 0.1) is 10.1 Å². The van der Waals surface area contributed by atoms with Crippen molar-refractivity contribution in [2.24, 2.45) is 0 Å². The van der Waals surface area contributed by atoms with E-state index >= 15 is 0 Å². The molecule has 6 heteroatoms. The second-order valence-corrected chi connectivity index (χ2v) is 4.65. The van der Waals surface area contributed by atoms with Crippen LogP contribution < -0.4 is 4.72 Å². The minimum Gasteiger partial charge on any atom is -0.263 e. The summed E-state index contributed by atoms with van der Waals surface area (Å²) < 4.78 is 2.87.